The van der Waals surface area contributed by atoms with E-state index in [1.54, 1.807) is 12.1 Å². The average Bonchev–Trinajstić information content (AvgIpc) is 2.68. The molecule has 158 valence electrons. The summed E-state index contributed by atoms with van der Waals surface area (Å²) < 4.78 is 19.6. The van der Waals surface area contributed by atoms with Gasteiger partial charge in [-0.1, -0.05) is 6.92 Å². The minimum absolute atomic E-state index is 0.153. The first-order valence-corrected chi connectivity index (χ1v) is 10.0. The molecular formula is C20H31FN7O+. The summed E-state index contributed by atoms with van der Waals surface area (Å²) in [5.41, 5.74) is 6.54. The molecule has 1 unspecified atom stereocenters. The Labute approximate surface area is 171 Å². The van der Waals surface area contributed by atoms with Crippen LogP contribution in [0.25, 0.3) is 0 Å². The van der Waals surface area contributed by atoms with Crippen LogP contribution in [0.2, 0.25) is 0 Å². The SMILES string of the molecule is CCC[N+](C)(c1nc(N)nc(Nc2ccc(OC)c(F)c2)n1)C1CCN(C)CC1. The van der Waals surface area contributed by atoms with Gasteiger partial charge in [-0.25, -0.2) is 4.39 Å². The van der Waals surface area contributed by atoms with Crippen molar-refractivity contribution < 1.29 is 9.13 Å². The fraction of sp³-hybridized carbons (Fsp3) is 0.550. The van der Waals surface area contributed by atoms with E-state index in [1.165, 1.54) is 13.2 Å². The van der Waals surface area contributed by atoms with Gasteiger partial charge in [-0.2, -0.15) is 4.98 Å². The van der Waals surface area contributed by atoms with Crippen LogP contribution in [-0.4, -0.2) is 66.7 Å². The van der Waals surface area contributed by atoms with Crippen LogP contribution in [0.15, 0.2) is 18.2 Å². The highest BCUT2D eigenvalue weighted by molar-refractivity contribution is 5.56. The van der Waals surface area contributed by atoms with E-state index in [0.717, 1.165) is 38.9 Å². The lowest BCUT2D eigenvalue weighted by Crippen LogP contribution is -2.58. The first-order valence-electron chi connectivity index (χ1n) is 10.0. The summed E-state index contributed by atoms with van der Waals surface area (Å²) in [6.07, 6.45) is 3.15. The Bertz CT molecular complexity index is 842. The number of aromatic nitrogens is 3. The lowest BCUT2D eigenvalue weighted by Gasteiger charge is -2.42. The Morgan fingerprint density at radius 1 is 1.28 bits per heavy atom. The van der Waals surface area contributed by atoms with Gasteiger partial charge in [0.2, 0.25) is 11.9 Å². The maximum atomic E-state index is 14.0. The molecule has 1 aliphatic rings. The number of hydrogen-bond acceptors (Lipinski definition) is 7. The summed E-state index contributed by atoms with van der Waals surface area (Å²) in [4.78, 5) is 15.7. The van der Waals surface area contributed by atoms with E-state index in [9.17, 15) is 4.39 Å². The monoisotopic (exact) mass is 404 g/mol. The molecule has 1 aromatic heterocycles. The largest absolute Gasteiger partial charge is 0.494 e. The summed E-state index contributed by atoms with van der Waals surface area (Å²) in [6, 6.07) is 5.02. The lowest BCUT2D eigenvalue weighted by atomic mass is 10.0. The number of anilines is 3. The molecule has 0 bridgehead atoms. The predicted octanol–water partition coefficient (Wildman–Crippen LogP) is 2.79. The number of ether oxygens (including phenoxy) is 1. The first kappa shape index (κ1) is 21.2. The van der Waals surface area contributed by atoms with Crippen molar-refractivity contribution in [2.24, 2.45) is 0 Å². The van der Waals surface area contributed by atoms with E-state index in [-0.39, 0.29) is 11.7 Å². The molecule has 0 radical (unpaired) electrons. The average molecular weight is 405 g/mol. The maximum absolute atomic E-state index is 14.0. The summed E-state index contributed by atoms with van der Waals surface area (Å²) in [7, 11) is 5.75. The fourth-order valence-electron chi connectivity index (χ4n) is 4.01. The van der Waals surface area contributed by atoms with Gasteiger partial charge in [0, 0.05) is 37.7 Å². The molecule has 29 heavy (non-hydrogen) atoms. The summed E-state index contributed by atoms with van der Waals surface area (Å²) >= 11 is 0. The lowest BCUT2D eigenvalue weighted by molar-refractivity contribution is 0.140. The molecule has 1 aliphatic heterocycles. The smallest absolute Gasteiger partial charge is 0.335 e. The van der Waals surface area contributed by atoms with Crippen molar-refractivity contribution in [1.29, 1.82) is 0 Å². The summed E-state index contributed by atoms with van der Waals surface area (Å²) in [5, 5.41) is 3.05. The molecule has 0 saturated carbocycles. The molecule has 9 heteroatoms. The molecule has 8 nitrogen and oxygen atoms in total. The molecule has 1 saturated heterocycles. The van der Waals surface area contributed by atoms with Gasteiger partial charge in [0.05, 0.1) is 26.7 Å². The summed E-state index contributed by atoms with van der Waals surface area (Å²) in [5.74, 6) is 0.828. The highest BCUT2D eigenvalue weighted by Gasteiger charge is 2.39. The number of nitrogens with one attached hydrogen (secondary N) is 1. The van der Waals surface area contributed by atoms with Gasteiger partial charge >= 0.3 is 5.95 Å². The normalized spacial score (nSPS) is 17.7. The van der Waals surface area contributed by atoms with Crippen molar-refractivity contribution in [3.05, 3.63) is 24.0 Å². The van der Waals surface area contributed by atoms with Crippen molar-refractivity contribution in [1.82, 2.24) is 24.3 Å². The van der Waals surface area contributed by atoms with Crippen LogP contribution in [-0.2, 0) is 0 Å². The third kappa shape index (κ3) is 4.73. The Hall–Kier alpha value is -2.52. The molecule has 2 aromatic rings. The van der Waals surface area contributed by atoms with E-state index < -0.39 is 5.82 Å². The number of nitrogens with two attached hydrogens (primary N) is 1. The van der Waals surface area contributed by atoms with Crippen molar-refractivity contribution in [2.45, 2.75) is 32.2 Å². The molecule has 0 aliphatic carbocycles. The molecule has 0 spiro atoms. The zero-order chi connectivity index (χ0) is 21.0. The Kier molecular flexibility index (Phi) is 6.49. The molecular weight excluding hydrogens is 373 g/mol. The third-order valence-corrected chi connectivity index (χ3v) is 5.69. The molecule has 2 heterocycles. The third-order valence-electron chi connectivity index (χ3n) is 5.69. The molecule has 1 fully saturated rings. The second-order valence-corrected chi connectivity index (χ2v) is 7.82. The van der Waals surface area contributed by atoms with Crippen molar-refractivity contribution >= 4 is 23.5 Å². The van der Waals surface area contributed by atoms with Crippen LogP contribution in [0.1, 0.15) is 26.2 Å². The Morgan fingerprint density at radius 3 is 2.62 bits per heavy atom. The van der Waals surface area contributed by atoms with Gasteiger partial charge in [-0.05, 0) is 25.6 Å². The number of nitrogens with zero attached hydrogens (tertiary/aromatic N) is 5. The number of hydrogen-bond donors (Lipinski definition) is 2. The standard InChI is InChI=1S/C20H31FN7O/c1-5-12-28(3,15-8-10-27(2)11-9-15)20-25-18(22)24-19(26-20)23-14-6-7-17(29-4)16(21)13-14/h6-7,13,15H,5,8-12H2,1-4H3,(H3,22,23,24,25,26)/q+1. The first-order chi connectivity index (χ1) is 13.9. The van der Waals surface area contributed by atoms with E-state index >= 15 is 0 Å². The zero-order valence-electron chi connectivity index (χ0n) is 17.7. The minimum atomic E-state index is -0.460. The van der Waals surface area contributed by atoms with E-state index in [1.807, 2.05) is 0 Å². The number of piperidine rings is 1. The van der Waals surface area contributed by atoms with Crippen LogP contribution in [0.3, 0.4) is 0 Å². The van der Waals surface area contributed by atoms with Crippen LogP contribution in [0, 0.1) is 5.82 Å². The molecule has 1 atom stereocenters. The number of methoxy groups -OCH3 is 1. The van der Waals surface area contributed by atoms with Gasteiger partial charge in [-0.15, -0.1) is 9.97 Å². The van der Waals surface area contributed by atoms with Gasteiger partial charge in [0.15, 0.2) is 11.6 Å². The van der Waals surface area contributed by atoms with E-state index in [4.69, 9.17) is 10.5 Å². The zero-order valence-corrected chi connectivity index (χ0v) is 17.7. The number of benzene rings is 1. The van der Waals surface area contributed by atoms with Crippen LogP contribution >= 0.6 is 0 Å². The number of likely N-dealkylation sites (tertiary alicyclic amines) is 1. The quantitative estimate of drug-likeness (QED) is 0.686. The van der Waals surface area contributed by atoms with Crippen LogP contribution < -0.4 is 20.3 Å². The molecule has 1 aromatic carbocycles. The minimum Gasteiger partial charge on any atom is -0.494 e. The van der Waals surface area contributed by atoms with Crippen LogP contribution in [0.4, 0.5) is 27.9 Å². The second-order valence-electron chi connectivity index (χ2n) is 7.82. The van der Waals surface area contributed by atoms with Crippen molar-refractivity contribution in [2.75, 3.05) is 51.9 Å². The van der Waals surface area contributed by atoms with Gasteiger partial charge in [0.25, 0.3) is 0 Å². The number of rotatable bonds is 7. The van der Waals surface area contributed by atoms with E-state index in [0.29, 0.717) is 28.1 Å². The van der Waals surface area contributed by atoms with E-state index in [2.05, 4.69) is 46.2 Å². The Balaban J connectivity index is 1.90. The van der Waals surface area contributed by atoms with Gasteiger partial charge < -0.3 is 20.7 Å². The molecule has 3 rings (SSSR count). The number of quaternary nitrogens is 1. The number of nitrogen functional groups attached to an aromatic ring is 1. The second kappa shape index (κ2) is 8.87. The highest BCUT2D eigenvalue weighted by atomic mass is 19.1. The van der Waals surface area contributed by atoms with Crippen LogP contribution in [0.5, 0.6) is 5.75 Å². The van der Waals surface area contributed by atoms with Crippen molar-refractivity contribution in [3.8, 4) is 5.75 Å². The van der Waals surface area contributed by atoms with Gasteiger partial charge in [-0.3, -0.25) is 4.48 Å². The highest BCUT2D eigenvalue weighted by Crippen LogP contribution is 2.29. The molecule has 0 amide bonds. The summed E-state index contributed by atoms with van der Waals surface area (Å²) in [6.45, 7) is 5.18. The van der Waals surface area contributed by atoms with Crippen molar-refractivity contribution in [3.63, 3.8) is 0 Å². The Morgan fingerprint density at radius 2 is 2.00 bits per heavy atom. The topological polar surface area (TPSA) is 89.2 Å². The van der Waals surface area contributed by atoms with Gasteiger partial charge in [0.1, 0.15) is 0 Å². The molecule has 3 N–H and O–H groups in total. The fourth-order valence-corrected chi connectivity index (χ4v) is 4.01. The maximum Gasteiger partial charge on any atom is 0.335 e. The number of halogens is 1. The predicted molar refractivity (Wildman–Crippen MR) is 114 cm³/mol.